The maximum Gasteiger partial charge on any atom is 0.355 e. The highest BCUT2D eigenvalue weighted by Crippen LogP contribution is 2.19. The number of anilines is 1. The minimum atomic E-state index is -0.970. The van der Waals surface area contributed by atoms with Gasteiger partial charge in [0.2, 0.25) is 5.95 Å². The highest BCUT2D eigenvalue weighted by Gasteiger charge is 2.20. The van der Waals surface area contributed by atoms with Crippen LogP contribution in [-0.2, 0) is 4.74 Å². The molecule has 1 fully saturated rings. The molecule has 3 rings (SSSR count). The van der Waals surface area contributed by atoms with Gasteiger partial charge in [0.25, 0.3) is 0 Å². The summed E-state index contributed by atoms with van der Waals surface area (Å²) in [6, 6.07) is 2.75. The van der Waals surface area contributed by atoms with Gasteiger partial charge in [-0.25, -0.2) is 22.9 Å². The molecule has 0 aliphatic carbocycles. The van der Waals surface area contributed by atoms with Crippen molar-refractivity contribution < 1.29 is 13.5 Å². The number of rotatable bonds is 4. The number of hydrogen-bond acceptors (Lipinski definition) is 5. The molecule has 0 spiro atoms. The van der Waals surface area contributed by atoms with Crippen molar-refractivity contribution in [3.05, 3.63) is 56.4 Å². The van der Waals surface area contributed by atoms with Crippen LogP contribution in [0.4, 0.5) is 14.7 Å². The van der Waals surface area contributed by atoms with Gasteiger partial charge < -0.3 is 10.1 Å². The lowest BCUT2D eigenvalue weighted by atomic mass is 10.1. The number of halogens is 2. The Morgan fingerprint density at radius 2 is 2.00 bits per heavy atom. The topological polar surface area (TPSA) is 89.0 Å². The largest absolute Gasteiger partial charge is 0.381 e. The molecule has 7 nitrogen and oxygen atoms in total. The van der Waals surface area contributed by atoms with Gasteiger partial charge in [-0.2, -0.15) is 4.98 Å². The molecule has 134 valence electrons. The summed E-state index contributed by atoms with van der Waals surface area (Å²) >= 11 is 0. The minimum absolute atomic E-state index is 0.0180. The standard InChI is InChI=1S/C16H18F2N4O3/c1-9(10-2-3-12(17)13(18)8-10)19-14-20-15(23)22(16(24)21-14)11-4-6-25-7-5-11/h2-3,8-9,11H,4-7H2,1H3,(H2,19,20,21,23,24)/t9-/m0/s1. The van der Waals surface area contributed by atoms with Gasteiger partial charge in [0.05, 0.1) is 6.04 Å². The molecule has 0 radical (unpaired) electrons. The number of nitrogens with zero attached hydrogens (tertiary/aromatic N) is 2. The monoisotopic (exact) mass is 352 g/mol. The Kier molecular flexibility index (Phi) is 4.93. The normalized spacial score (nSPS) is 16.6. The number of hydrogen-bond donors (Lipinski definition) is 2. The van der Waals surface area contributed by atoms with Crippen molar-refractivity contribution in [1.29, 1.82) is 0 Å². The Bertz CT molecular complexity index is 843. The highest BCUT2D eigenvalue weighted by molar-refractivity contribution is 5.30. The maximum absolute atomic E-state index is 13.3. The summed E-state index contributed by atoms with van der Waals surface area (Å²) in [7, 11) is 0. The highest BCUT2D eigenvalue weighted by atomic mass is 19.2. The molecule has 1 aromatic carbocycles. The molecule has 2 N–H and O–H groups in total. The van der Waals surface area contributed by atoms with E-state index in [0.29, 0.717) is 31.6 Å². The molecule has 1 aliphatic heterocycles. The summed E-state index contributed by atoms with van der Waals surface area (Å²) in [5.74, 6) is -1.93. The van der Waals surface area contributed by atoms with Crippen LogP contribution in [0.5, 0.6) is 0 Å². The van der Waals surface area contributed by atoms with Crippen LogP contribution in [0.3, 0.4) is 0 Å². The Morgan fingerprint density at radius 1 is 1.28 bits per heavy atom. The number of nitrogens with one attached hydrogen (secondary N) is 2. The van der Waals surface area contributed by atoms with Crippen LogP contribution < -0.4 is 16.7 Å². The van der Waals surface area contributed by atoms with Crippen LogP contribution in [-0.4, -0.2) is 27.7 Å². The lowest BCUT2D eigenvalue weighted by molar-refractivity contribution is 0.0670. The van der Waals surface area contributed by atoms with E-state index in [-0.39, 0.29) is 12.0 Å². The second-order valence-electron chi connectivity index (χ2n) is 5.93. The Morgan fingerprint density at radius 3 is 2.64 bits per heavy atom. The van der Waals surface area contributed by atoms with Gasteiger partial charge in [0, 0.05) is 19.3 Å². The van der Waals surface area contributed by atoms with Gasteiger partial charge in [0.1, 0.15) is 0 Å². The van der Waals surface area contributed by atoms with Crippen LogP contribution in [0, 0.1) is 11.6 Å². The third-order valence-electron chi connectivity index (χ3n) is 4.21. The Labute approximate surface area is 141 Å². The molecule has 0 unspecified atom stereocenters. The summed E-state index contributed by atoms with van der Waals surface area (Å²) in [6.45, 7) is 2.66. The van der Waals surface area contributed by atoms with Gasteiger partial charge >= 0.3 is 11.4 Å². The second-order valence-corrected chi connectivity index (χ2v) is 5.93. The first kappa shape index (κ1) is 17.3. The molecule has 2 aromatic rings. The van der Waals surface area contributed by atoms with Crippen LogP contribution in [0.25, 0.3) is 0 Å². The fourth-order valence-electron chi connectivity index (χ4n) is 2.83. The minimum Gasteiger partial charge on any atom is -0.381 e. The van der Waals surface area contributed by atoms with E-state index in [1.54, 1.807) is 6.92 Å². The Balaban J connectivity index is 1.82. The molecule has 0 bridgehead atoms. The zero-order valence-electron chi connectivity index (χ0n) is 13.6. The smallest absolute Gasteiger partial charge is 0.355 e. The number of H-pyrrole nitrogens is 1. The third kappa shape index (κ3) is 3.76. The second kappa shape index (κ2) is 7.14. The third-order valence-corrected chi connectivity index (χ3v) is 4.21. The molecule has 0 amide bonds. The summed E-state index contributed by atoms with van der Waals surface area (Å²) in [6.07, 6.45) is 1.14. The quantitative estimate of drug-likeness (QED) is 0.875. The van der Waals surface area contributed by atoms with E-state index in [1.807, 2.05) is 0 Å². The van der Waals surface area contributed by atoms with Crippen molar-refractivity contribution >= 4 is 5.95 Å². The molecule has 25 heavy (non-hydrogen) atoms. The van der Waals surface area contributed by atoms with Gasteiger partial charge in [-0.1, -0.05) is 6.07 Å². The van der Waals surface area contributed by atoms with E-state index in [0.717, 1.165) is 16.7 Å². The fraction of sp³-hybridized carbons (Fsp3) is 0.438. The van der Waals surface area contributed by atoms with Crippen LogP contribution in [0.2, 0.25) is 0 Å². The van der Waals surface area contributed by atoms with Gasteiger partial charge in [-0.3, -0.25) is 4.98 Å². The number of benzene rings is 1. The van der Waals surface area contributed by atoms with E-state index < -0.39 is 29.1 Å². The van der Waals surface area contributed by atoms with E-state index in [2.05, 4.69) is 15.3 Å². The molecule has 1 aliphatic rings. The van der Waals surface area contributed by atoms with Crippen molar-refractivity contribution in [1.82, 2.24) is 14.5 Å². The van der Waals surface area contributed by atoms with Crippen LogP contribution in [0.15, 0.2) is 27.8 Å². The zero-order valence-corrected chi connectivity index (χ0v) is 13.6. The lowest BCUT2D eigenvalue weighted by Crippen LogP contribution is -2.42. The number of aromatic amines is 1. The molecule has 9 heteroatoms. The molecule has 1 aromatic heterocycles. The number of aromatic nitrogens is 3. The first-order chi connectivity index (χ1) is 12.0. The zero-order chi connectivity index (χ0) is 18.0. The summed E-state index contributed by atoms with van der Waals surface area (Å²) in [5.41, 5.74) is -0.766. The number of ether oxygens (including phenoxy) is 1. The van der Waals surface area contributed by atoms with Crippen LogP contribution in [0.1, 0.15) is 37.4 Å². The van der Waals surface area contributed by atoms with Gasteiger partial charge in [-0.15, -0.1) is 0 Å². The summed E-state index contributed by atoms with van der Waals surface area (Å²) < 4.78 is 32.7. The van der Waals surface area contributed by atoms with E-state index >= 15 is 0 Å². The Hall–Kier alpha value is -2.55. The maximum atomic E-state index is 13.3. The molecule has 1 atom stereocenters. The van der Waals surface area contributed by atoms with Crippen molar-refractivity contribution in [2.45, 2.75) is 31.8 Å². The van der Waals surface area contributed by atoms with E-state index in [1.165, 1.54) is 6.07 Å². The molecule has 1 saturated heterocycles. The van der Waals surface area contributed by atoms with Crippen molar-refractivity contribution in [2.24, 2.45) is 0 Å². The first-order valence-electron chi connectivity index (χ1n) is 7.98. The SMILES string of the molecule is C[C@H](Nc1nc(=O)n(C2CCOCC2)c(=O)[nH]1)c1ccc(F)c(F)c1. The summed E-state index contributed by atoms with van der Waals surface area (Å²) in [5, 5.41) is 2.82. The van der Waals surface area contributed by atoms with Crippen molar-refractivity contribution in [3.63, 3.8) is 0 Å². The fourth-order valence-corrected chi connectivity index (χ4v) is 2.83. The summed E-state index contributed by atoms with van der Waals surface area (Å²) in [4.78, 5) is 30.8. The predicted molar refractivity (Wildman–Crippen MR) is 86.6 cm³/mol. The first-order valence-corrected chi connectivity index (χ1v) is 7.98. The molecule has 0 saturated carbocycles. The lowest BCUT2D eigenvalue weighted by Gasteiger charge is -2.23. The molecular weight excluding hydrogens is 334 g/mol. The van der Waals surface area contributed by atoms with E-state index in [9.17, 15) is 18.4 Å². The van der Waals surface area contributed by atoms with Crippen molar-refractivity contribution in [2.75, 3.05) is 18.5 Å². The molecular formula is C16H18F2N4O3. The predicted octanol–water partition coefficient (Wildman–Crippen LogP) is 1.73. The average molecular weight is 352 g/mol. The van der Waals surface area contributed by atoms with Gasteiger partial charge in [-0.05, 0) is 37.5 Å². The average Bonchev–Trinajstić information content (AvgIpc) is 2.57. The van der Waals surface area contributed by atoms with E-state index in [4.69, 9.17) is 4.74 Å². The molecule has 2 heterocycles. The van der Waals surface area contributed by atoms with Crippen molar-refractivity contribution in [3.8, 4) is 0 Å². The van der Waals surface area contributed by atoms with Gasteiger partial charge in [0.15, 0.2) is 11.6 Å². The van der Waals surface area contributed by atoms with Crippen LogP contribution >= 0.6 is 0 Å².